The van der Waals surface area contributed by atoms with Crippen LogP contribution in [0.15, 0.2) is 46.8 Å². The molecule has 0 saturated carbocycles. The van der Waals surface area contributed by atoms with Crippen LogP contribution in [0.1, 0.15) is 73.8 Å². The number of nitrogens with zero attached hydrogens (tertiary/aromatic N) is 1. The smallest absolute Gasteiger partial charge is 0.146 e. The normalized spacial score (nSPS) is 22.9. The summed E-state index contributed by atoms with van der Waals surface area (Å²) < 4.78 is 5.54. The van der Waals surface area contributed by atoms with Crippen molar-refractivity contribution >= 4 is 11.8 Å². The molecule has 5 nitrogen and oxygen atoms in total. The Hall–Kier alpha value is -2.53. The standard InChI is InChI=1S/C23H29N3O2/c1-28-23-15-20-18-12-13-19(25-18)22(27)9-7-5-3-2-4-6-8-16-10-11-17(24-16)14-21(23)26-20/h10-15,22,24-25,27H,2-9H2,1H3/b21-14-. The van der Waals surface area contributed by atoms with Crippen molar-refractivity contribution in [3.8, 4) is 0 Å². The quantitative estimate of drug-likeness (QED) is 0.650. The summed E-state index contributed by atoms with van der Waals surface area (Å²) in [5.41, 5.74) is 5.70. The number of methoxy groups -OCH3 is 1. The Bertz CT molecular complexity index is 901. The molecular weight excluding hydrogens is 350 g/mol. The average Bonchev–Trinajstić information content (AvgIpc) is 3.42. The minimum Gasteiger partial charge on any atom is -0.494 e. The molecule has 6 bridgehead atoms. The molecule has 3 N–H and O–H groups in total. The van der Waals surface area contributed by atoms with E-state index in [2.05, 4.69) is 22.1 Å². The van der Waals surface area contributed by atoms with Gasteiger partial charge in [0.1, 0.15) is 11.5 Å². The molecule has 0 aliphatic carbocycles. The van der Waals surface area contributed by atoms with Crippen molar-refractivity contribution in [2.75, 3.05) is 7.11 Å². The van der Waals surface area contributed by atoms with Crippen molar-refractivity contribution in [3.05, 3.63) is 64.6 Å². The van der Waals surface area contributed by atoms with Gasteiger partial charge in [-0.15, -0.1) is 0 Å². The number of aliphatic imine (C=N–C) groups is 1. The summed E-state index contributed by atoms with van der Waals surface area (Å²) >= 11 is 0. The van der Waals surface area contributed by atoms with Crippen molar-refractivity contribution in [3.63, 3.8) is 0 Å². The van der Waals surface area contributed by atoms with Gasteiger partial charge in [0.2, 0.25) is 0 Å². The van der Waals surface area contributed by atoms with Gasteiger partial charge >= 0.3 is 0 Å². The van der Waals surface area contributed by atoms with Crippen molar-refractivity contribution in [1.29, 1.82) is 0 Å². The van der Waals surface area contributed by atoms with Crippen LogP contribution in [0.4, 0.5) is 0 Å². The molecule has 4 rings (SSSR count). The van der Waals surface area contributed by atoms with Crippen molar-refractivity contribution in [2.45, 2.75) is 57.5 Å². The maximum atomic E-state index is 10.5. The van der Waals surface area contributed by atoms with Crippen molar-refractivity contribution in [1.82, 2.24) is 9.97 Å². The summed E-state index contributed by atoms with van der Waals surface area (Å²) in [6.45, 7) is 0. The topological polar surface area (TPSA) is 73.4 Å². The number of nitrogens with one attached hydrogen (secondary N) is 2. The highest BCUT2D eigenvalue weighted by Crippen LogP contribution is 2.26. The first-order chi connectivity index (χ1) is 13.7. The van der Waals surface area contributed by atoms with Gasteiger partial charge in [-0.2, -0.15) is 0 Å². The molecule has 148 valence electrons. The Balaban J connectivity index is 1.63. The van der Waals surface area contributed by atoms with Crippen LogP contribution in [0.25, 0.3) is 6.08 Å². The SMILES string of the molecule is COC1=CC2=N/C1=C\c1ccc([nH]1)CCCCCCCCC(O)c1ccc2[nH]1. The second-order valence-corrected chi connectivity index (χ2v) is 7.68. The number of aromatic amines is 2. The van der Waals surface area contributed by atoms with E-state index in [1.54, 1.807) is 7.11 Å². The van der Waals surface area contributed by atoms with E-state index >= 15 is 0 Å². The van der Waals surface area contributed by atoms with Crippen LogP contribution in [0.2, 0.25) is 0 Å². The monoisotopic (exact) mass is 379 g/mol. The van der Waals surface area contributed by atoms with E-state index in [1.165, 1.54) is 37.8 Å². The molecule has 0 aromatic carbocycles. The predicted molar refractivity (Wildman–Crippen MR) is 112 cm³/mol. The fourth-order valence-electron chi connectivity index (χ4n) is 3.93. The molecule has 1 unspecified atom stereocenters. The van der Waals surface area contributed by atoms with E-state index in [-0.39, 0.29) is 0 Å². The van der Waals surface area contributed by atoms with E-state index in [4.69, 9.17) is 9.73 Å². The Kier molecular flexibility index (Phi) is 5.81. The lowest BCUT2D eigenvalue weighted by Crippen LogP contribution is -2.00. The van der Waals surface area contributed by atoms with Gasteiger partial charge in [-0.1, -0.05) is 32.1 Å². The molecule has 0 amide bonds. The lowest BCUT2D eigenvalue weighted by molar-refractivity contribution is 0.159. The molecule has 0 saturated heterocycles. The second-order valence-electron chi connectivity index (χ2n) is 7.68. The zero-order chi connectivity index (χ0) is 19.3. The number of aryl methyl sites for hydroxylation is 1. The highest BCUT2D eigenvalue weighted by Gasteiger charge is 2.19. The number of aromatic nitrogens is 2. The maximum Gasteiger partial charge on any atom is 0.146 e. The number of allylic oxidation sites excluding steroid dienone is 1. The first-order valence-corrected chi connectivity index (χ1v) is 10.3. The van der Waals surface area contributed by atoms with Crippen LogP contribution in [-0.2, 0) is 11.2 Å². The first-order valence-electron chi connectivity index (χ1n) is 10.3. The minimum atomic E-state index is -0.448. The third-order valence-electron chi connectivity index (χ3n) is 5.56. The number of aliphatic hydroxyl groups is 1. The Morgan fingerprint density at radius 2 is 1.79 bits per heavy atom. The fraction of sp³-hybridized carbons (Fsp3) is 0.435. The van der Waals surface area contributed by atoms with E-state index in [1.807, 2.05) is 24.3 Å². The van der Waals surface area contributed by atoms with Gasteiger partial charge in [0, 0.05) is 23.2 Å². The summed E-state index contributed by atoms with van der Waals surface area (Å²) in [5, 5.41) is 10.5. The number of aliphatic hydroxyl groups excluding tert-OH is 1. The fourth-order valence-corrected chi connectivity index (χ4v) is 3.93. The number of hydrogen-bond donors (Lipinski definition) is 3. The number of hydrogen-bond acceptors (Lipinski definition) is 3. The number of ether oxygens (including phenoxy) is 1. The van der Waals surface area contributed by atoms with E-state index in [0.717, 1.165) is 53.5 Å². The van der Waals surface area contributed by atoms with E-state index in [0.29, 0.717) is 0 Å². The lowest BCUT2D eigenvalue weighted by Gasteiger charge is -2.09. The highest BCUT2D eigenvalue weighted by molar-refractivity contribution is 6.11. The zero-order valence-electron chi connectivity index (χ0n) is 16.5. The zero-order valence-corrected chi connectivity index (χ0v) is 16.5. The third kappa shape index (κ3) is 4.30. The Morgan fingerprint density at radius 3 is 2.64 bits per heavy atom. The number of fused-ring (bicyclic) bond motifs is 6. The molecule has 1 atom stereocenters. The van der Waals surface area contributed by atoms with Gasteiger partial charge in [-0.25, -0.2) is 4.99 Å². The molecule has 0 fully saturated rings. The summed E-state index contributed by atoms with van der Waals surface area (Å²) in [6, 6.07) is 8.21. The predicted octanol–water partition coefficient (Wildman–Crippen LogP) is 5.04. The molecule has 2 aliphatic heterocycles. The third-order valence-corrected chi connectivity index (χ3v) is 5.56. The van der Waals surface area contributed by atoms with Crippen molar-refractivity contribution in [2.24, 2.45) is 4.99 Å². The van der Waals surface area contributed by atoms with Gasteiger partial charge in [-0.05, 0) is 49.6 Å². The van der Waals surface area contributed by atoms with Gasteiger partial charge in [-0.3, -0.25) is 0 Å². The Morgan fingerprint density at radius 1 is 0.964 bits per heavy atom. The van der Waals surface area contributed by atoms with Gasteiger partial charge < -0.3 is 19.8 Å². The van der Waals surface area contributed by atoms with Crippen LogP contribution in [0, 0.1) is 0 Å². The largest absolute Gasteiger partial charge is 0.494 e. The number of H-pyrrole nitrogens is 2. The highest BCUT2D eigenvalue weighted by atomic mass is 16.5. The molecule has 28 heavy (non-hydrogen) atoms. The van der Waals surface area contributed by atoms with Crippen LogP contribution in [0.3, 0.4) is 0 Å². The maximum absolute atomic E-state index is 10.5. The molecule has 2 aliphatic rings. The van der Waals surface area contributed by atoms with Gasteiger partial charge in [0.15, 0.2) is 0 Å². The molecule has 2 aromatic rings. The van der Waals surface area contributed by atoms with Crippen LogP contribution < -0.4 is 0 Å². The van der Waals surface area contributed by atoms with E-state index < -0.39 is 6.10 Å². The molecule has 0 spiro atoms. The summed E-state index contributed by atoms with van der Waals surface area (Å²) in [4.78, 5) is 11.6. The summed E-state index contributed by atoms with van der Waals surface area (Å²) in [6.07, 6.45) is 12.6. The van der Waals surface area contributed by atoms with Crippen LogP contribution >= 0.6 is 0 Å². The van der Waals surface area contributed by atoms with Gasteiger partial charge in [0.05, 0.1) is 24.6 Å². The van der Waals surface area contributed by atoms with Crippen LogP contribution in [0.5, 0.6) is 0 Å². The van der Waals surface area contributed by atoms with E-state index in [9.17, 15) is 5.11 Å². The van der Waals surface area contributed by atoms with Gasteiger partial charge in [0.25, 0.3) is 0 Å². The van der Waals surface area contributed by atoms with Crippen LogP contribution in [-0.4, -0.2) is 27.9 Å². The second kappa shape index (κ2) is 8.65. The first kappa shape index (κ1) is 18.8. The summed E-state index contributed by atoms with van der Waals surface area (Å²) in [5.74, 6) is 0.747. The number of rotatable bonds is 1. The summed E-state index contributed by atoms with van der Waals surface area (Å²) in [7, 11) is 1.67. The molecule has 4 heterocycles. The lowest BCUT2D eigenvalue weighted by atomic mass is 10.0. The molecular formula is C23H29N3O2. The minimum absolute atomic E-state index is 0.448. The van der Waals surface area contributed by atoms with Crippen molar-refractivity contribution < 1.29 is 9.84 Å². The molecule has 0 radical (unpaired) electrons. The Labute approximate surface area is 166 Å². The molecule has 2 aromatic heterocycles. The average molecular weight is 380 g/mol. The molecule has 5 heteroatoms.